The Morgan fingerprint density at radius 1 is 0.950 bits per heavy atom. The van der Waals surface area contributed by atoms with Gasteiger partial charge in [-0.1, -0.05) is 59.2 Å². The van der Waals surface area contributed by atoms with Gasteiger partial charge in [0.25, 0.3) is 0 Å². The summed E-state index contributed by atoms with van der Waals surface area (Å²) >= 11 is 0. The number of benzene rings is 1. The molecular weight excluding hydrogens is 242 g/mol. The van der Waals surface area contributed by atoms with Crippen LogP contribution in [0.2, 0.25) is 0 Å². The van der Waals surface area contributed by atoms with E-state index in [0.29, 0.717) is 12.0 Å². The molecule has 0 fully saturated rings. The highest BCUT2D eigenvalue weighted by Gasteiger charge is 2.18. The molecule has 1 aromatic carbocycles. The van der Waals surface area contributed by atoms with E-state index in [1.807, 2.05) is 0 Å². The Kier molecular flexibility index (Phi) is 7.91. The lowest BCUT2D eigenvalue weighted by Crippen LogP contribution is -2.28. The van der Waals surface area contributed by atoms with Crippen LogP contribution in [0.1, 0.15) is 76.6 Å². The minimum absolute atomic E-state index is 0.506. The molecule has 0 aliphatic rings. The van der Waals surface area contributed by atoms with Crippen LogP contribution in [-0.2, 0) is 12.8 Å². The van der Waals surface area contributed by atoms with Crippen molar-refractivity contribution in [3.05, 3.63) is 34.9 Å². The van der Waals surface area contributed by atoms with Crippen molar-refractivity contribution in [1.29, 1.82) is 0 Å². The Labute approximate surface area is 126 Å². The van der Waals surface area contributed by atoms with Crippen LogP contribution in [0.25, 0.3) is 0 Å². The van der Waals surface area contributed by atoms with Gasteiger partial charge in [-0.15, -0.1) is 0 Å². The van der Waals surface area contributed by atoms with E-state index < -0.39 is 0 Å². The fourth-order valence-corrected chi connectivity index (χ4v) is 3.08. The maximum atomic E-state index is 3.76. The maximum absolute atomic E-state index is 3.76. The Bertz CT molecular complexity index is 383. The SMILES string of the molecule is CCCNC(c1ccc(CC)c(CC)c1)C(C)CCC. The Hall–Kier alpha value is -0.820. The third kappa shape index (κ3) is 4.63. The van der Waals surface area contributed by atoms with Gasteiger partial charge in [-0.2, -0.15) is 0 Å². The first kappa shape index (κ1) is 17.2. The second-order valence-electron chi connectivity index (χ2n) is 5.93. The van der Waals surface area contributed by atoms with Crippen LogP contribution in [0.15, 0.2) is 18.2 Å². The lowest BCUT2D eigenvalue weighted by Gasteiger charge is -2.26. The van der Waals surface area contributed by atoms with Crippen molar-refractivity contribution >= 4 is 0 Å². The van der Waals surface area contributed by atoms with Gasteiger partial charge in [-0.25, -0.2) is 0 Å². The zero-order valence-corrected chi connectivity index (χ0v) is 14.1. The normalized spacial score (nSPS) is 14.2. The van der Waals surface area contributed by atoms with Crippen molar-refractivity contribution in [3.8, 4) is 0 Å². The molecule has 0 aliphatic carbocycles. The third-order valence-corrected chi connectivity index (χ3v) is 4.28. The number of hydrogen-bond donors (Lipinski definition) is 1. The number of rotatable bonds is 9. The first-order valence-electron chi connectivity index (χ1n) is 8.52. The lowest BCUT2D eigenvalue weighted by atomic mass is 9.88. The molecule has 0 heterocycles. The van der Waals surface area contributed by atoms with Crippen LogP contribution in [0, 0.1) is 5.92 Å². The van der Waals surface area contributed by atoms with Crippen molar-refractivity contribution in [2.24, 2.45) is 5.92 Å². The van der Waals surface area contributed by atoms with Crippen LogP contribution in [0.4, 0.5) is 0 Å². The van der Waals surface area contributed by atoms with E-state index in [1.54, 1.807) is 0 Å². The Morgan fingerprint density at radius 3 is 2.20 bits per heavy atom. The largest absolute Gasteiger partial charge is 0.310 e. The molecule has 114 valence electrons. The van der Waals surface area contributed by atoms with Crippen LogP contribution in [0.5, 0.6) is 0 Å². The number of hydrogen-bond acceptors (Lipinski definition) is 1. The van der Waals surface area contributed by atoms with E-state index in [2.05, 4.69) is 58.1 Å². The van der Waals surface area contributed by atoms with Crippen LogP contribution in [0.3, 0.4) is 0 Å². The molecule has 0 spiro atoms. The first-order valence-corrected chi connectivity index (χ1v) is 8.52. The fourth-order valence-electron chi connectivity index (χ4n) is 3.08. The molecule has 0 saturated carbocycles. The van der Waals surface area contributed by atoms with Crippen molar-refractivity contribution in [1.82, 2.24) is 5.32 Å². The summed E-state index contributed by atoms with van der Waals surface area (Å²) in [5.41, 5.74) is 4.51. The van der Waals surface area contributed by atoms with Gasteiger partial charge in [-0.05, 0) is 54.8 Å². The highest BCUT2D eigenvalue weighted by atomic mass is 14.9. The molecule has 1 N–H and O–H groups in total. The lowest BCUT2D eigenvalue weighted by molar-refractivity contribution is 0.363. The smallest absolute Gasteiger partial charge is 0.0346 e. The van der Waals surface area contributed by atoms with E-state index in [-0.39, 0.29) is 0 Å². The monoisotopic (exact) mass is 275 g/mol. The summed E-state index contributed by atoms with van der Waals surface area (Å²) in [7, 11) is 0. The summed E-state index contributed by atoms with van der Waals surface area (Å²) in [4.78, 5) is 0. The standard InChI is InChI=1S/C19H33N/c1-6-10-15(5)19(20-13-7-2)18-12-11-16(8-3)17(9-4)14-18/h11-12,14-15,19-20H,6-10,13H2,1-5H3. The summed E-state index contributed by atoms with van der Waals surface area (Å²) in [5, 5.41) is 3.76. The second-order valence-corrected chi connectivity index (χ2v) is 5.93. The Morgan fingerprint density at radius 2 is 1.65 bits per heavy atom. The highest BCUT2D eigenvalue weighted by molar-refractivity contribution is 5.34. The summed E-state index contributed by atoms with van der Waals surface area (Å²) in [5.74, 6) is 0.698. The van der Waals surface area contributed by atoms with Gasteiger partial charge in [0.15, 0.2) is 0 Å². The molecule has 1 nitrogen and oxygen atoms in total. The van der Waals surface area contributed by atoms with Crippen LogP contribution in [-0.4, -0.2) is 6.54 Å². The summed E-state index contributed by atoms with van der Waals surface area (Å²) in [6.45, 7) is 12.5. The summed E-state index contributed by atoms with van der Waals surface area (Å²) in [6, 6.07) is 7.63. The van der Waals surface area contributed by atoms with E-state index in [1.165, 1.54) is 36.0 Å². The van der Waals surface area contributed by atoms with Crippen molar-refractivity contribution in [3.63, 3.8) is 0 Å². The molecule has 0 bridgehead atoms. The number of nitrogens with one attached hydrogen (secondary N) is 1. The van der Waals surface area contributed by atoms with E-state index in [4.69, 9.17) is 0 Å². The van der Waals surface area contributed by atoms with Crippen molar-refractivity contribution in [2.75, 3.05) is 6.54 Å². The quantitative estimate of drug-likeness (QED) is 0.646. The molecule has 2 atom stereocenters. The highest BCUT2D eigenvalue weighted by Crippen LogP contribution is 2.27. The van der Waals surface area contributed by atoms with E-state index in [0.717, 1.165) is 19.4 Å². The first-order chi connectivity index (χ1) is 9.67. The summed E-state index contributed by atoms with van der Waals surface area (Å²) in [6.07, 6.45) is 6.03. The number of aryl methyl sites for hydroxylation is 2. The molecule has 1 aromatic rings. The predicted octanol–water partition coefficient (Wildman–Crippen LogP) is 5.29. The van der Waals surface area contributed by atoms with E-state index >= 15 is 0 Å². The third-order valence-electron chi connectivity index (χ3n) is 4.28. The average molecular weight is 275 g/mol. The van der Waals surface area contributed by atoms with Crippen LogP contribution < -0.4 is 5.32 Å². The predicted molar refractivity (Wildman–Crippen MR) is 90.3 cm³/mol. The average Bonchev–Trinajstić information content (AvgIpc) is 2.47. The molecule has 0 saturated heterocycles. The second kappa shape index (κ2) is 9.18. The van der Waals surface area contributed by atoms with Gasteiger partial charge >= 0.3 is 0 Å². The van der Waals surface area contributed by atoms with Gasteiger partial charge in [0.2, 0.25) is 0 Å². The van der Waals surface area contributed by atoms with Crippen molar-refractivity contribution < 1.29 is 0 Å². The molecule has 0 aromatic heterocycles. The minimum Gasteiger partial charge on any atom is -0.310 e. The van der Waals surface area contributed by atoms with Gasteiger partial charge in [0.05, 0.1) is 0 Å². The van der Waals surface area contributed by atoms with Gasteiger partial charge in [0.1, 0.15) is 0 Å². The molecule has 2 unspecified atom stereocenters. The molecule has 1 rings (SSSR count). The zero-order chi connectivity index (χ0) is 15.0. The molecular formula is C19H33N. The van der Waals surface area contributed by atoms with Gasteiger partial charge < -0.3 is 5.32 Å². The Balaban J connectivity index is 2.99. The van der Waals surface area contributed by atoms with Crippen LogP contribution >= 0.6 is 0 Å². The molecule has 0 aliphatic heterocycles. The maximum Gasteiger partial charge on any atom is 0.0346 e. The molecule has 20 heavy (non-hydrogen) atoms. The van der Waals surface area contributed by atoms with E-state index in [9.17, 15) is 0 Å². The molecule has 0 amide bonds. The van der Waals surface area contributed by atoms with Crippen molar-refractivity contribution in [2.45, 2.75) is 72.8 Å². The van der Waals surface area contributed by atoms with Gasteiger partial charge in [-0.3, -0.25) is 0 Å². The molecule has 0 radical (unpaired) electrons. The van der Waals surface area contributed by atoms with Gasteiger partial charge in [0, 0.05) is 6.04 Å². The topological polar surface area (TPSA) is 12.0 Å². The minimum atomic E-state index is 0.506. The zero-order valence-electron chi connectivity index (χ0n) is 14.1. The molecule has 1 heteroatoms. The summed E-state index contributed by atoms with van der Waals surface area (Å²) < 4.78 is 0. The fraction of sp³-hybridized carbons (Fsp3) is 0.684.